The monoisotopic (exact) mass is 464 g/mol. The first-order valence-electron chi connectivity index (χ1n) is 11.0. The lowest BCUT2D eigenvalue weighted by Gasteiger charge is -2.25. The van der Waals surface area contributed by atoms with Crippen molar-refractivity contribution in [1.82, 2.24) is 4.90 Å². The van der Waals surface area contributed by atoms with Gasteiger partial charge in [0.1, 0.15) is 5.75 Å². The number of ether oxygens (including phenoxy) is 1. The van der Waals surface area contributed by atoms with Crippen molar-refractivity contribution < 1.29 is 17.9 Å². The van der Waals surface area contributed by atoms with Crippen LogP contribution in [0, 0.1) is 6.92 Å². The second-order valence-electron chi connectivity index (χ2n) is 8.22. The van der Waals surface area contributed by atoms with Gasteiger partial charge in [-0.15, -0.1) is 0 Å². The van der Waals surface area contributed by atoms with Crippen molar-refractivity contribution in [3.8, 4) is 5.75 Å². The first-order chi connectivity index (χ1) is 15.9. The van der Waals surface area contributed by atoms with Crippen molar-refractivity contribution in [2.75, 3.05) is 24.5 Å². The van der Waals surface area contributed by atoms with Gasteiger partial charge in [0.25, 0.3) is 15.9 Å². The molecule has 0 aromatic heterocycles. The Balaban J connectivity index is 1.38. The van der Waals surface area contributed by atoms with Crippen molar-refractivity contribution in [1.29, 1.82) is 0 Å². The summed E-state index contributed by atoms with van der Waals surface area (Å²) in [7, 11) is -2.14. The number of anilines is 1. The van der Waals surface area contributed by atoms with Gasteiger partial charge >= 0.3 is 0 Å². The predicted octanol–water partition coefficient (Wildman–Crippen LogP) is 4.56. The Morgan fingerprint density at radius 3 is 2.33 bits per heavy atom. The number of amides is 1. The van der Waals surface area contributed by atoms with Gasteiger partial charge < -0.3 is 9.64 Å². The van der Waals surface area contributed by atoms with Gasteiger partial charge in [-0.25, -0.2) is 8.42 Å². The fourth-order valence-corrected chi connectivity index (χ4v) is 5.27. The van der Waals surface area contributed by atoms with E-state index < -0.39 is 10.0 Å². The molecule has 1 atom stereocenters. The van der Waals surface area contributed by atoms with Crippen LogP contribution in [-0.2, 0) is 14.8 Å². The zero-order valence-corrected chi connectivity index (χ0v) is 19.7. The Morgan fingerprint density at radius 2 is 1.67 bits per heavy atom. The average molecular weight is 465 g/mol. The highest BCUT2D eigenvalue weighted by molar-refractivity contribution is 7.92. The van der Waals surface area contributed by atoms with Gasteiger partial charge in [0, 0.05) is 13.6 Å². The van der Waals surface area contributed by atoms with Crippen LogP contribution in [0.5, 0.6) is 5.75 Å². The molecule has 0 spiro atoms. The highest BCUT2D eigenvalue weighted by Gasteiger charge is 2.30. The quantitative estimate of drug-likeness (QED) is 0.514. The van der Waals surface area contributed by atoms with E-state index in [1.807, 2.05) is 30.0 Å². The summed E-state index contributed by atoms with van der Waals surface area (Å²) in [6.45, 7) is 2.58. The van der Waals surface area contributed by atoms with Crippen LogP contribution in [0.15, 0.2) is 83.8 Å². The molecule has 1 amide bonds. The van der Waals surface area contributed by atoms with Crippen molar-refractivity contribution in [2.45, 2.75) is 30.7 Å². The summed E-state index contributed by atoms with van der Waals surface area (Å²) in [5.41, 5.74) is 2.65. The normalized spacial score (nSPS) is 15.9. The SMILES string of the molecule is Cc1ccc(S(=O)(=O)N(C)c2ccc(OCC(=O)N3CCC[C@H]3c3ccccc3)cc2)cc1. The van der Waals surface area contributed by atoms with Crippen LogP contribution in [-0.4, -0.2) is 39.4 Å². The number of benzene rings is 3. The van der Waals surface area contributed by atoms with Crippen molar-refractivity contribution in [2.24, 2.45) is 0 Å². The molecule has 3 aromatic rings. The molecule has 7 heteroatoms. The maximum absolute atomic E-state index is 12.9. The van der Waals surface area contributed by atoms with Gasteiger partial charge in [0.15, 0.2) is 6.61 Å². The molecule has 4 rings (SSSR count). The lowest BCUT2D eigenvalue weighted by molar-refractivity contribution is -0.134. The van der Waals surface area contributed by atoms with Gasteiger partial charge in [-0.2, -0.15) is 0 Å². The van der Waals surface area contributed by atoms with E-state index in [0.29, 0.717) is 11.4 Å². The fraction of sp³-hybridized carbons (Fsp3) is 0.269. The van der Waals surface area contributed by atoms with E-state index in [1.165, 1.54) is 11.4 Å². The Bertz CT molecular complexity index is 1190. The number of hydrogen-bond acceptors (Lipinski definition) is 4. The zero-order chi connectivity index (χ0) is 23.4. The predicted molar refractivity (Wildman–Crippen MR) is 129 cm³/mol. The first-order valence-corrected chi connectivity index (χ1v) is 12.4. The minimum absolute atomic E-state index is 0.0514. The van der Waals surface area contributed by atoms with Gasteiger partial charge in [0.05, 0.1) is 16.6 Å². The fourth-order valence-electron chi connectivity index (χ4n) is 4.07. The molecular formula is C26H28N2O4S. The summed E-state index contributed by atoms with van der Waals surface area (Å²) >= 11 is 0. The van der Waals surface area contributed by atoms with Crippen LogP contribution < -0.4 is 9.04 Å². The zero-order valence-electron chi connectivity index (χ0n) is 18.8. The molecule has 1 saturated heterocycles. The van der Waals surface area contributed by atoms with E-state index in [-0.39, 0.29) is 23.5 Å². The molecule has 1 aliphatic rings. The number of sulfonamides is 1. The van der Waals surface area contributed by atoms with E-state index in [0.717, 1.165) is 30.5 Å². The number of carbonyl (C=O) groups excluding carboxylic acids is 1. The first kappa shape index (κ1) is 22.9. The smallest absolute Gasteiger partial charge is 0.264 e. The lowest BCUT2D eigenvalue weighted by atomic mass is 10.0. The maximum Gasteiger partial charge on any atom is 0.264 e. The van der Waals surface area contributed by atoms with Crippen LogP contribution in [0.25, 0.3) is 0 Å². The summed E-state index contributed by atoms with van der Waals surface area (Å²) in [6.07, 6.45) is 1.92. The summed E-state index contributed by atoms with van der Waals surface area (Å²) < 4.78 is 32.7. The molecule has 1 fully saturated rings. The molecule has 1 heterocycles. The van der Waals surface area contributed by atoms with Crippen LogP contribution >= 0.6 is 0 Å². The van der Waals surface area contributed by atoms with Gasteiger partial charge in [-0.1, -0.05) is 48.0 Å². The third kappa shape index (κ3) is 5.03. The van der Waals surface area contributed by atoms with Crippen molar-refractivity contribution >= 4 is 21.6 Å². The Hall–Kier alpha value is -3.32. The summed E-state index contributed by atoms with van der Waals surface area (Å²) in [4.78, 5) is 14.9. The van der Waals surface area contributed by atoms with Crippen molar-refractivity contribution in [3.05, 3.63) is 90.0 Å². The average Bonchev–Trinajstić information content (AvgIpc) is 3.33. The molecule has 0 unspecified atom stereocenters. The lowest BCUT2D eigenvalue weighted by Crippen LogP contribution is -2.34. The van der Waals surface area contributed by atoms with Gasteiger partial charge in [-0.05, 0) is 61.7 Å². The second-order valence-corrected chi connectivity index (χ2v) is 10.2. The molecule has 0 radical (unpaired) electrons. The van der Waals surface area contributed by atoms with E-state index in [1.54, 1.807) is 48.5 Å². The summed E-state index contributed by atoms with van der Waals surface area (Å²) in [5, 5.41) is 0. The van der Waals surface area contributed by atoms with Crippen molar-refractivity contribution in [3.63, 3.8) is 0 Å². The van der Waals surface area contributed by atoms with Gasteiger partial charge in [0.2, 0.25) is 0 Å². The van der Waals surface area contributed by atoms with Crippen LogP contribution in [0.4, 0.5) is 5.69 Å². The minimum atomic E-state index is -3.66. The number of aryl methyl sites for hydroxylation is 1. The number of rotatable bonds is 7. The van der Waals surface area contributed by atoms with E-state index >= 15 is 0 Å². The molecule has 0 N–H and O–H groups in total. The molecule has 0 aliphatic carbocycles. The summed E-state index contributed by atoms with van der Waals surface area (Å²) in [5.74, 6) is 0.466. The largest absolute Gasteiger partial charge is 0.484 e. The molecular weight excluding hydrogens is 436 g/mol. The van der Waals surface area contributed by atoms with E-state index in [4.69, 9.17) is 4.74 Å². The number of hydrogen-bond donors (Lipinski definition) is 0. The Kier molecular flexibility index (Phi) is 6.70. The molecule has 3 aromatic carbocycles. The minimum Gasteiger partial charge on any atom is -0.484 e. The van der Waals surface area contributed by atoms with E-state index in [9.17, 15) is 13.2 Å². The van der Waals surface area contributed by atoms with Gasteiger partial charge in [-0.3, -0.25) is 9.10 Å². The molecule has 6 nitrogen and oxygen atoms in total. The third-order valence-corrected chi connectivity index (χ3v) is 7.80. The molecule has 1 aliphatic heterocycles. The van der Waals surface area contributed by atoms with Crippen LogP contribution in [0.3, 0.4) is 0 Å². The number of carbonyl (C=O) groups is 1. The summed E-state index contributed by atoms with van der Waals surface area (Å²) in [6, 6.07) is 23.6. The second kappa shape index (κ2) is 9.67. The molecule has 0 saturated carbocycles. The highest BCUT2D eigenvalue weighted by Crippen LogP contribution is 2.32. The van der Waals surface area contributed by atoms with E-state index in [2.05, 4.69) is 12.1 Å². The highest BCUT2D eigenvalue weighted by atomic mass is 32.2. The number of nitrogens with zero attached hydrogens (tertiary/aromatic N) is 2. The maximum atomic E-state index is 12.9. The Labute approximate surface area is 195 Å². The number of likely N-dealkylation sites (tertiary alicyclic amines) is 1. The Morgan fingerprint density at radius 1 is 1.00 bits per heavy atom. The van der Waals surface area contributed by atoms with Crippen LogP contribution in [0.2, 0.25) is 0 Å². The molecule has 172 valence electrons. The standard InChI is InChI=1S/C26H28N2O4S/c1-20-10-16-24(17-11-20)33(30,31)27(2)22-12-14-23(15-13-22)32-19-26(29)28-18-6-9-25(28)21-7-4-3-5-8-21/h3-5,7-8,10-17,25H,6,9,18-19H2,1-2H3/t25-/m0/s1. The van der Waals surface area contributed by atoms with Crippen LogP contribution in [0.1, 0.15) is 30.0 Å². The molecule has 0 bridgehead atoms. The topological polar surface area (TPSA) is 66.9 Å². The molecule has 33 heavy (non-hydrogen) atoms. The third-order valence-electron chi connectivity index (χ3n) is 6.00.